The molecule has 1 aromatic rings. The Morgan fingerprint density at radius 2 is 2.06 bits per heavy atom. The molecule has 7 heteroatoms. The highest BCUT2D eigenvalue weighted by molar-refractivity contribution is 6.21. The number of rotatable bonds is 5. The Kier molecular flexibility index (Phi) is 5.43. The maximum Gasteiger partial charge on any atom is 0.254 e. The highest BCUT2D eigenvalue weighted by atomic mass is 35.5. The third kappa shape index (κ3) is 3.61. The smallest absolute Gasteiger partial charge is 0.254 e. The van der Waals surface area contributed by atoms with Gasteiger partial charge in [-0.3, -0.25) is 4.79 Å². The van der Waals surface area contributed by atoms with Gasteiger partial charge in [0.25, 0.3) is 5.91 Å². The van der Waals surface area contributed by atoms with Gasteiger partial charge in [0.1, 0.15) is 0 Å². The zero-order valence-electron chi connectivity index (χ0n) is 9.47. The van der Waals surface area contributed by atoms with E-state index in [0.29, 0.717) is 6.07 Å². The Hall–Kier alpha value is -1.27. The Bertz CT molecular complexity index is 443. The molecule has 1 amide bonds. The molecule has 0 saturated heterocycles. The van der Waals surface area contributed by atoms with E-state index in [-0.39, 0.29) is 13.2 Å². The van der Waals surface area contributed by atoms with Crippen LogP contribution in [-0.4, -0.2) is 31.5 Å². The molecule has 1 rings (SSSR count). The molecule has 0 fully saturated rings. The van der Waals surface area contributed by atoms with Gasteiger partial charge in [0, 0.05) is 13.7 Å². The van der Waals surface area contributed by atoms with Crippen LogP contribution >= 0.6 is 11.6 Å². The standard InChI is InChI=1S/C11H11ClF3NO2/c1-18-5-6(12)4-16-11(17)7-2-3-8(13)10(15)9(7)14/h2-3,6H,4-5H2,1H3,(H,16,17). The molecule has 1 atom stereocenters. The minimum Gasteiger partial charge on any atom is -0.383 e. The quantitative estimate of drug-likeness (QED) is 0.663. The minimum absolute atomic E-state index is 0.0205. The summed E-state index contributed by atoms with van der Waals surface area (Å²) in [5.41, 5.74) is -0.574. The second-order valence-electron chi connectivity index (χ2n) is 3.49. The zero-order chi connectivity index (χ0) is 13.7. The topological polar surface area (TPSA) is 38.3 Å². The molecule has 0 heterocycles. The molecule has 18 heavy (non-hydrogen) atoms. The van der Waals surface area contributed by atoms with Crippen molar-refractivity contribution in [3.8, 4) is 0 Å². The van der Waals surface area contributed by atoms with Crippen molar-refractivity contribution in [3.05, 3.63) is 35.1 Å². The average molecular weight is 282 g/mol. The van der Waals surface area contributed by atoms with E-state index in [2.05, 4.69) is 5.32 Å². The molecule has 0 aliphatic heterocycles. The van der Waals surface area contributed by atoms with E-state index in [4.69, 9.17) is 16.3 Å². The van der Waals surface area contributed by atoms with Gasteiger partial charge in [-0.1, -0.05) is 0 Å². The van der Waals surface area contributed by atoms with E-state index in [9.17, 15) is 18.0 Å². The summed E-state index contributed by atoms with van der Waals surface area (Å²) in [4.78, 5) is 11.5. The summed E-state index contributed by atoms with van der Waals surface area (Å²) < 4.78 is 43.5. The van der Waals surface area contributed by atoms with E-state index < -0.39 is 34.3 Å². The molecule has 0 aliphatic rings. The number of nitrogens with one attached hydrogen (secondary N) is 1. The fraction of sp³-hybridized carbons (Fsp3) is 0.364. The molecule has 1 unspecified atom stereocenters. The number of carbonyl (C=O) groups is 1. The van der Waals surface area contributed by atoms with Crippen LogP contribution in [0.3, 0.4) is 0 Å². The Labute approximate surface area is 107 Å². The predicted octanol–water partition coefficient (Wildman–Crippen LogP) is 2.09. The molecule has 0 aliphatic carbocycles. The van der Waals surface area contributed by atoms with Crippen molar-refractivity contribution in [1.29, 1.82) is 0 Å². The molecule has 100 valence electrons. The largest absolute Gasteiger partial charge is 0.383 e. The minimum atomic E-state index is -1.68. The third-order valence-corrected chi connectivity index (χ3v) is 2.39. The fourth-order valence-corrected chi connectivity index (χ4v) is 1.44. The van der Waals surface area contributed by atoms with Crippen molar-refractivity contribution in [2.75, 3.05) is 20.3 Å². The van der Waals surface area contributed by atoms with Gasteiger partial charge in [-0.15, -0.1) is 11.6 Å². The first-order valence-corrected chi connectivity index (χ1v) is 5.45. The van der Waals surface area contributed by atoms with Crippen molar-refractivity contribution in [3.63, 3.8) is 0 Å². The molecular weight excluding hydrogens is 271 g/mol. The molecule has 0 bridgehead atoms. The van der Waals surface area contributed by atoms with Crippen LogP contribution in [0.1, 0.15) is 10.4 Å². The number of hydrogen-bond acceptors (Lipinski definition) is 2. The molecule has 0 saturated carbocycles. The van der Waals surface area contributed by atoms with Gasteiger partial charge in [-0.05, 0) is 12.1 Å². The van der Waals surface area contributed by atoms with E-state index in [1.165, 1.54) is 7.11 Å². The molecular formula is C11H11ClF3NO2. The summed E-state index contributed by atoms with van der Waals surface area (Å²) >= 11 is 5.74. The number of alkyl halides is 1. The van der Waals surface area contributed by atoms with Gasteiger partial charge in [0.2, 0.25) is 0 Å². The second kappa shape index (κ2) is 6.61. The molecule has 1 N–H and O–H groups in total. The maximum absolute atomic E-state index is 13.3. The van der Waals surface area contributed by atoms with Crippen molar-refractivity contribution in [1.82, 2.24) is 5.32 Å². The maximum atomic E-state index is 13.3. The average Bonchev–Trinajstić information content (AvgIpc) is 2.34. The van der Waals surface area contributed by atoms with Crippen molar-refractivity contribution in [2.24, 2.45) is 0 Å². The lowest BCUT2D eigenvalue weighted by atomic mass is 10.2. The summed E-state index contributed by atoms with van der Waals surface area (Å²) in [5, 5.41) is 1.80. The first-order valence-electron chi connectivity index (χ1n) is 5.02. The number of carbonyl (C=O) groups excluding carboxylic acids is 1. The lowest BCUT2D eigenvalue weighted by Gasteiger charge is -2.10. The number of amides is 1. The van der Waals surface area contributed by atoms with Gasteiger partial charge in [-0.2, -0.15) is 0 Å². The SMILES string of the molecule is COCC(Cl)CNC(=O)c1ccc(F)c(F)c1F. The number of benzene rings is 1. The molecule has 0 radical (unpaired) electrons. The molecule has 0 aromatic heterocycles. The Morgan fingerprint density at radius 1 is 1.39 bits per heavy atom. The lowest BCUT2D eigenvalue weighted by Crippen LogP contribution is -2.32. The van der Waals surface area contributed by atoms with Crippen LogP contribution in [-0.2, 0) is 4.74 Å². The first-order chi connectivity index (χ1) is 8.47. The first kappa shape index (κ1) is 14.8. The van der Waals surface area contributed by atoms with E-state index >= 15 is 0 Å². The van der Waals surface area contributed by atoms with Crippen LogP contribution in [0, 0.1) is 17.5 Å². The number of halogens is 4. The zero-order valence-corrected chi connectivity index (χ0v) is 10.2. The Balaban J connectivity index is 2.71. The van der Waals surface area contributed by atoms with Crippen molar-refractivity contribution in [2.45, 2.75) is 5.38 Å². The van der Waals surface area contributed by atoms with Crippen LogP contribution in [0.25, 0.3) is 0 Å². The van der Waals surface area contributed by atoms with E-state index in [1.54, 1.807) is 0 Å². The van der Waals surface area contributed by atoms with E-state index in [0.717, 1.165) is 6.07 Å². The van der Waals surface area contributed by atoms with Gasteiger partial charge >= 0.3 is 0 Å². The van der Waals surface area contributed by atoms with Crippen LogP contribution in [0.2, 0.25) is 0 Å². The van der Waals surface area contributed by atoms with Crippen LogP contribution in [0.5, 0.6) is 0 Å². The summed E-state index contributed by atoms with van der Waals surface area (Å²) in [6.07, 6.45) is 0. The highest BCUT2D eigenvalue weighted by Gasteiger charge is 2.19. The van der Waals surface area contributed by atoms with Crippen LogP contribution in [0.4, 0.5) is 13.2 Å². The van der Waals surface area contributed by atoms with Crippen molar-refractivity contribution < 1.29 is 22.7 Å². The van der Waals surface area contributed by atoms with Gasteiger partial charge in [0.15, 0.2) is 17.5 Å². The third-order valence-electron chi connectivity index (χ3n) is 2.11. The normalized spacial score (nSPS) is 12.3. The highest BCUT2D eigenvalue weighted by Crippen LogP contribution is 2.15. The summed E-state index contributed by atoms with van der Waals surface area (Å²) in [6.45, 7) is 0.217. The monoisotopic (exact) mass is 281 g/mol. The Morgan fingerprint density at radius 3 is 2.67 bits per heavy atom. The van der Waals surface area contributed by atoms with Crippen molar-refractivity contribution >= 4 is 17.5 Å². The van der Waals surface area contributed by atoms with Crippen LogP contribution in [0.15, 0.2) is 12.1 Å². The lowest BCUT2D eigenvalue weighted by molar-refractivity contribution is 0.0944. The molecule has 0 spiro atoms. The summed E-state index contributed by atoms with van der Waals surface area (Å²) in [6, 6.07) is 1.54. The van der Waals surface area contributed by atoms with Gasteiger partial charge in [-0.25, -0.2) is 13.2 Å². The summed E-state index contributed by atoms with van der Waals surface area (Å²) in [5.74, 6) is -5.42. The number of hydrogen-bond donors (Lipinski definition) is 1. The molecule has 3 nitrogen and oxygen atoms in total. The predicted molar refractivity (Wildman–Crippen MR) is 60.2 cm³/mol. The van der Waals surface area contributed by atoms with Crippen LogP contribution < -0.4 is 5.32 Å². The van der Waals surface area contributed by atoms with Gasteiger partial charge in [0.05, 0.1) is 17.5 Å². The summed E-state index contributed by atoms with van der Waals surface area (Å²) in [7, 11) is 1.44. The fourth-order valence-electron chi connectivity index (χ4n) is 1.24. The number of ether oxygens (including phenoxy) is 1. The second-order valence-corrected chi connectivity index (χ2v) is 4.10. The number of methoxy groups -OCH3 is 1. The van der Waals surface area contributed by atoms with E-state index in [1.807, 2.05) is 0 Å². The van der Waals surface area contributed by atoms with Gasteiger partial charge < -0.3 is 10.1 Å². The molecule has 1 aromatic carbocycles.